The summed E-state index contributed by atoms with van der Waals surface area (Å²) in [7, 11) is 0. The van der Waals surface area contributed by atoms with Crippen molar-refractivity contribution in [1.82, 2.24) is 19.9 Å². The number of nitrogens with zero attached hydrogens (tertiary/aromatic N) is 3. The molecule has 0 amide bonds. The van der Waals surface area contributed by atoms with Crippen molar-refractivity contribution < 1.29 is 0 Å². The van der Waals surface area contributed by atoms with E-state index in [0.29, 0.717) is 0 Å². The van der Waals surface area contributed by atoms with Gasteiger partial charge in [-0.05, 0) is 105 Å². The van der Waals surface area contributed by atoms with E-state index in [1.165, 1.54) is 0 Å². The van der Waals surface area contributed by atoms with Crippen molar-refractivity contribution in [1.29, 1.82) is 0 Å². The van der Waals surface area contributed by atoms with E-state index in [1.54, 1.807) is 0 Å². The van der Waals surface area contributed by atoms with Crippen LogP contribution < -0.4 is 0 Å². The van der Waals surface area contributed by atoms with Crippen LogP contribution in [0.25, 0.3) is 112 Å². The number of H-pyrrole nitrogens is 1. The molecule has 11 rings (SSSR count). The third-order valence-corrected chi connectivity index (χ3v) is 10.7. The zero-order valence-corrected chi connectivity index (χ0v) is 29.7. The summed E-state index contributed by atoms with van der Waals surface area (Å²) in [5, 5.41) is 2.27. The van der Waals surface area contributed by atoms with Crippen LogP contribution in [0.15, 0.2) is 188 Å². The lowest BCUT2D eigenvalue weighted by molar-refractivity contribution is 1.22. The minimum atomic E-state index is 0.788. The van der Waals surface area contributed by atoms with Crippen LogP contribution in [0.5, 0.6) is 0 Å². The summed E-state index contributed by atoms with van der Waals surface area (Å²) in [5.41, 5.74) is 18.0. The molecule has 1 aliphatic rings. The standard InChI is InChI=1S/C51H32N4/c1-5-14-32(15-6-1)36-24-40-41-25-37(33-16-7-2-8-17-33)27-43-46-28-38(34-18-9-3-10-19-34)30-48(53-46)49-31-39(35-20-11-4-12-21-35)29-47(54-49)45-23-13-22-44(52-45)42(26-36)50(40)55-51(41)43/h1-31,55H. The van der Waals surface area contributed by atoms with Crippen molar-refractivity contribution >= 4 is 21.8 Å². The van der Waals surface area contributed by atoms with E-state index in [4.69, 9.17) is 15.0 Å². The van der Waals surface area contributed by atoms with Crippen molar-refractivity contribution in [3.63, 3.8) is 0 Å². The minimum Gasteiger partial charge on any atom is -0.353 e. The second kappa shape index (κ2) is 12.6. The SMILES string of the molecule is c1ccc(-c2cc3nc(c2)-c2cc(-c4ccccc4)cc(n2)-c2cc(-c4ccccc4)cc4c2[nH]c2c(cc(-c5ccccc5)cc24)-c2cccc-3n2)cc1. The second-order valence-corrected chi connectivity index (χ2v) is 14.1. The Balaban J connectivity index is 1.31. The maximum atomic E-state index is 5.50. The van der Waals surface area contributed by atoms with Crippen molar-refractivity contribution in [2.45, 2.75) is 0 Å². The number of aromatic nitrogens is 4. The summed E-state index contributed by atoms with van der Waals surface area (Å²) in [6.07, 6.45) is 0. The molecule has 8 bridgehead atoms. The van der Waals surface area contributed by atoms with Crippen LogP contribution >= 0.6 is 0 Å². The number of nitrogens with one attached hydrogen (secondary N) is 1. The lowest BCUT2D eigenvalue weighted by atomic mass is 9.94. The zero-order valence-electron chi connectivity index (χ0n) is 29.7. The Morgan fingerprint density at radius 3 is 1.07 bits per heavy atom. The quantitative estimate of drug-likeness (QED) is 0.199. The Labute approximate surface area is 318 Å². The first kappa shape index (κ1) is 31.1. The Kier molecular flexibility index (Phi) is 7.14. The third kappa shape index (κ3) is 5.43. The molecule has 10 aromatic rings. The van der Waals surface area contributed by atoms with Gasteiger partial charge < -0.3 is 4.98 Å². The van der Waals surface area contributed by atoms with Crippen molar-refractivity contribution in [2.75, 3.05) is 0 Å². The van der Waals surface area contributed by atoms with E-state index >= 15 is 0 Å². The number of fused-ring (bicyclic) bond motifs is 11. The lowest BCUT2D eigenvalue weighted by Gasteiger charge is -2.14. The van der Waals surface area contributed by atoms with E-state index in [0.717, 1.165) is 112 Å². The van der Waals surface area contributed by atoms with Crippen LogP contribution in [0.3, 0.4) is 0 Å². The summed E-state index contributed by atoms with van der Waals surface area (Å²) in [6.45, 7) is 0. The first-order valence-electron chi connectivity index (χ1n) is 18.6. The number of hydrogen-bond donors (Lipinski definition) is 1. The number of aromatic amines is 1. The molecule has 256 valence electrons. The van der Waals surface area contributed by atoms with E-state index in [2.05, 4.69) is 187 Å². The number of rotatable bonds is 4. The number of hydrogen-bond acceptors (Lipinski definition) is 3. The summed E-state index contributed by atoms with van der Waals surface area (Å²) in [6, 6.07) is 66.4. The zero-order chi connectivity index (χ0) is 36.3. The monoisotopic (exact) mass is 700 g/mol. The van der Waals surface area contributed by atoms with Crippen LogP contribution in [0, 0.1) is 0 Å². The molecule has 0 saturated carbocycles. The fourth-order valence-electron chi connectivity index (χ4n) is 8.02. The molecule has 4 aromatic heterocycles. The number of benzene rings is 6. The van der Waals surface area contributed by atoms with Gasteiger partial charge in [-0.2, -0.15) is 0 Å². The maximum Gasteiger partial charge on any atom is 0.0901 e. The molecule has 0 saturated heterocycles. The molecule has 1 aliphatic heterocycles. The van der Waals surface area contributed by atoms with Gasteiger partial charge in [0.15, 0.2) is 0 Å². The maximum absolute atomic E-state index is 5.50. The highest BCUT2D eigenvalue weighted by Crippen LogP contribution is 2.43. The first-order chi connectivity index (χ1) is 27.2. The van der Waals surface area contributed by atoms with Crippen LogP contribution in [0.4, 0.5) is 0 Å². The van der Waals surface area contributed by atoms with Gasteiger partial charge in [-0.15, -0.1) is 0 Å². The summed E-state index contributed by atoms with van der Waals surface area (Å²) >= 11 is 0. The molecule has 0 aliphatic carbocycles. The van der Waals surface area contributed by atoms with Crippen molar-refractivity contribution in [3.05, 3.63) is 188 Å². The highest BCUT2D eigenvalue weighted by molar-refractivity contribution is 6.17. The molecule has 0 spiro atoms. The van der Waals surface area contributed by atoms with E-state index in [-0.39, 0.29) is 0 Å². The molecule has 0 atom stereocenters. The Bertz CT molecular complexity index is 3060. The fraction of sp³-hybridized carbons (Fsp3) is 0. The average molecular weight is 701 g/mol. The van der Waals surface area contributed by atoms with Gasteiger partial charge in [-0.3, -0.25) is 0 Å². The van der Waals surface area contributed by atoms with Gasteiger partial charge in [0.05, 0.1) is 45.2 Å². The largest absolute Gasteiger partial charge is 0.353 e. The van der Waals surface area contributed by atoms with Gasteiger partial charge in [0, 0.05) is 21.9 Å². The molecule has 5 heterocycles. The van der Waals surface area contributed by atoms with Gasteiger partial charge >= 0.3 is 0 Å². The molecule has 6 aromatic carbocycles. The predicted molar refractivity (Wildman–Crippen MR) is 226 cm³/mol. The van der Waals surface area contributed by atoms with Crippen molar-refractivity contribution in [3.8, 4) is 89.8 Å². The predicted octanol–water partition coefficient (Wildman–Crippen LogP) is 13.2. The third-order valence-electron chi connectivity index (χ3n) is 10.7. The summed E-state index contributed by atoms with van der Waals surface area (Å²) in [5.74, 6) is 0. The van der Waals surface area contributed by atoms with Gasteiger partial charge in [-0.25, -0.2) is 15.0 Å². The smallest absolute Gasteiger partial charge is 0.0901 e. The second-order valence-electron chi connectivity index (χ2n) is 14.1. The van der Waals surface area contributed by atoms with E-state index in [1.807, 2.05) is 6.07 Å². The van der Waals surface area contributed by atoms with Crippen LogP contribution in [0.2, 0.25) is 0 Å². The van der Waals surface area contributed by atoms with E-state index in [9.17, 15) is 0 Å². The highest BCUT2D eigenvalue weighted by Gasteiger charge is 2.21. The van der Waals surface area contributed by atoms with Crippen LogP contribution in [-0.4, -0.2) is 19.9 Å². The summed E-state index contributed by atoms with van der Waals surface area (Å²) in [4.78, 5) is 20.2. The van der Waals surface area contributed by atoms with Gasteiger partial charge in [-0.1, -0.05) is 127 Å². The molecule has 0 radical (unpaired) electrons. The first-order valence-corrected chi connectivity index (χ1v) is 18.6. The molecule has 55 heavy (non-hydrogen) atoms. The van der Waals surface area contributed by atoms with Gasteiger partial charge in [0.25, 0.3) is 0 Å². The minimum absolute atomic E-state index is 0.788. The van der Waals surface area contributed by atoms with Crippen LogP contribution in [0.1, 0.15) is 0 Å². The highest BCUT2D eigenvalue weighted by atomic mass is 14.8. The Morgan fingerprint density at radius 2 is 0.600 bits per heavy atom. The van der Waals surface area contributed by atoms with Gasteiger partial charge in [0.2, 0.25) is 0 Å². The molecular weight excluding hydrogens is 669 g/mol. The average Bonchev–Trinajstić information content (AvgIpc) is 3.65. The fourth-order valence-corrected chi connectivity index (χ4v) is 8.02. The van der Waals surface area contributed by atoms with Crippen LogP contribution in [-0.2, 0) is 0 Å². The van der Waals surface area contributed by atoms with Crippen molar-refractivity contribution in [2.24, 2.45) is 0 Å². The summed E-state index contributed by atoms with van der Waals surface area (Å²) < 4.78 is 0. The topological polar surface area (TPSA) is 54.5 Å². The molecule has 0 unspecified atom stereocenters. The Morgan fingerprint density at radius 1 is 0.255 bits per heavy atom. The molecule has 4 nitrogen and oxygen atoms in total. The molecule has 1 N–H and O–H groups in total. The lowest BCUT2D eigenvalue weighted by Crippen LogP contribution is -1.98. The Hall–Kier alpha value is -7.43. The normalized spacial score (nSPS) is 11.6. The van der Waals surface area contributed by atoms with E-state index < -0.39 is 0 Å². The van der Waals surface area contributed by atoms with Gasteiger partial charge in [0.1, 0.15) is 0 Å². The molecular formula is C51H32N4. The number of pyridine rings is 3. The molecule has 4 heteroatoms. The molecule has 0 fully saturated rings.